The van der Waals surface area contributed by atoms with Crippen molar-refractivity contribution in [3.8, 4) is 16.3 Å². The van der Waals surface area contributed by atoms with E-state index in [4.69, 9.17) is 4.74 Å². The molecule has 1 N–H and O–H groups in total. The summed E-state index contributed by atoms with van der Waals surface area (Å²) in [5.41, 5.74) is 3.02. The number of nitrogens with one attached hydrogen (secondary N) is 1. The second-order valence-corrected chi connectivity index (χ2v) is 6.94. The van der Waals surface area contributed by atoms with E-state index in [0.29, 0.717) is 13.0 Å². The number of pyridine rings is 1. The number of hydrogen-bond acceptors (Lipinski definition) is 5. The van der Waals surface area contributed by atoms with Crippen LogP contribution in [0.15, 0.2) is 48.8 Å². The number of carbonyl (C=O) groups excluding carboxylic acids is 1. The Kier molecular flexibility index (Phi) is 5.96. The Balaban J connectivity index is 1.56. The van der Waals surface area contributed by atoms with Crippen molar-refractivity contribution >= 4 is 17.2 Å². The smallest absolute Gasteiger partial charge is 0.225 e. The van der Waals surface area contributed by atoms with Gasteiger partial charge in [-0.05, 0) is 37.1 Å². The fraction of sp³-hybridized carbons (Fsp3) is 0.250. The maximum absolute atomic E-state index is 12.3. The molecule has 0 radical (unpaired) electrons. The lowest BCUT2D eigenvalue weighted by atomic mass is 10.1. The van der Waals surface area contributed by atoms with E-state index in [1.807, 2.05) is 43.3 Å². The van der Waals surface area contributed by atoms with Crippen molar-refractivity contribution in [3.05, 3.63) is 64.9 Å². The van der Waals surface area contributed by atoms with Crippen molar-refractivity contribution in [2.24, 2.45) is 0 Å². The number of aryl methyl sites for hydroxylation is 1. The molecule has 0 atom stereocenters. The molecule has 2 aromatic heterocycles. The molecular formula is C20H21N3O2S. The second-order valence-electron chi connectivity index (χ2n) is 5.85. The minimum absolute atomic E-state index is 0.00734. The number of rotatable bonds is 7. The molecule has 0 saturated carbocycles. The van der Waals surface area contributed by atoms with E-state index in [2.05, 4.69) is 15.3 Å². The Morgan fingerprint density at radius 3 is 2.73 bits per heavy atom. The van der Waals surface area contributed by atoms with Crippen molar-refractivity contribution in [1.82, 2.24) is 15.3 Å². The van der Waals surface area contributed by atoms with Gasteiger partial charge in [0.05, 0.1) is 19.2 Å². The van der Waals surface area contributed by atoms with Crippen LogP contribution >= 0.6 is 11.3 Å². The molecule has 26 heavy (non-hydrogen) atoms. The number of carbonyl (C=O) groups is 1. The van der Waals surface area contributed by atoms with Crippen molar-refractivity contribution in [2.45, 2.75) is 19.8 Å². The lowest BCUT2D eigenvalue weighted by Gasteiger charge is -2.09. The van der Waals surface area contributed by atoms with E-state index in [1.54, 1.807) is 30.8 Å². The van der Waals surface area contributed by atoms with Crippen LogP contribution in [0.2, 0.25) is 0 Å². The van der Waals surface area contributed by atoms with Gasteiger partial charge in [0.15, 0.2) is 0 Å². The lowest BCUT2D eigenvalue weighted by Crippen LogP contribution is -2.27. The Bertz CT molecular complexity index is 878. The predicted molar refractivity (Wildman–Crippen MR) is 103 cm³/mol. The highest BCUT2D eigenvalue weighted by Crippen LogP contribution is 2.27. The third-order valence-electron chi connectivity index (χ3n) is 4.05. The minimum atomic E-state index is 0.00734. The fourth-order valence-electron chi connectivity index (χ4n) is 2.66. The van der Waals surface area contributed by atoms with Crippen LogP contribution < -0.4 is 10.1 Å². The summed E-state index contributed by atoms with van der Waals surface area (Å²) in [6, 6.07) is 11.7. The molecule has 0 bridgehead atoms. The molecule has 3 aromatic rings. The van der Waals surface area contributed by atoms with Gasteiger partial charge in [0.2, 0.25) is 5.91 Å². The van der Waals surface area contributed by atoms with E-state index in [0.717, 1.165) is 38.9 Å². The zero-order valence-electron chi connectivity index (χ0n) is 14.9. The molecule has 0 unspecified atom stereocenters. The number of para-hydroxylation sites is 1. The highest BCUT2D eigenvalue weighted by atomic mass is 32.1. The Labute approximate surface area is 157 Å². The van der Waals surface area contributed by atoms with Crippen LogP contribution in [0.5, 0.6) is 5.75 Å². The van der Waals surface area contributed by atoms with E-state index >= 15 is 0 Å². The average molecular weight is 367 g/mol. The Hall–Kier alpha value is -2.73. The second kappa shape index (κ2) is 8.58. The summed E-state index contributed by atoms with van der Waals surface area (Å²) in [5, 5.41) is 3.90. The standard InChI is InChI=1S/C20H21N3O2S/c1-14-18(26-20(23-14)16-7-10-21-11-8-16)13-19(24)22-12-9-15-5-3-4-6-17(15)25-2/h3-8,10-11H,9,12-13H2,1-2H3,(H,22,24). The first-order valence-electron chi connectivity index (χ1n) is 8.42. The minimum Gasteiger partial charge on any atom is -0.496 e. The number of methoxy groups -OCH3 is 1. The number of benzene rings is 1. The maximum atomic E-state index is 12.3. The van der Waals surface area contributed by atoms with Crippen LogP contribution in [0.3, 0.4) is 0 Å². The molecule has 3 rings (SSSR count). The van der Waals surface area contributed by atoms with Gasteiger partial charge >= 0.3 is 0 Å². The van der Waals surface area contributed by atoms with Gasteiger partial charge in [-0.15, -0.1) is 11.3 Å². The largest absolute Gasteiger partial charge is 0.496 e. The molecular weight excluding hydrogens is 346 g/mol. The van der Waals surface area contributed by atoms with Gasteiger partial charge in [-0.1, -0.05) is 18.2 Å². The van der Waals surface area contributed by atoms with Gasteiger partial charge in [0.1, 0.15) is 10.8 Å². The van der Waals surface area contributed by atoms with Crippen molar-refractivity contribution < 1.29 is 9.53 Å². The van der Waals surface area contributed by atoms with Crippen molar-refractivity contribution in [2.75, 3.05) is 13.7 Å². The first-order valence-corrected chi connectivity index (χ1v) is 9.24. The summed E-state index contributed by atoms with van der Waals surface area (Å²) in [5.74, 6) is 0.856. The topological polar surface area (TPSA) is 64.1 Å². The molecule has 5 nitrogen and oxygen atoms in total. The van der Waals surface area contributed by atoms with E-state index in [-0.39, 0.29) is 5.91 Å². The van der Waals surface area contributed by atoms with Gasteiger partial charge in [0, 0.05) is 29.4 Å². The monoisotopic (exact) mass is 367 g/mol. The SMILES string of the molecule is COc1ccccc1CCNC(=O)Cc1sc(-c2ccncc2)nc1C. The molecule has 0 aliphatic rings. The third kappa shape index (κ3) is 4.46. The molecule has 0 fully saturated rings. The number of amides is 1. The quantitative estimate of drug-likeness (QED) is 0.695. The van der Waals surface area contributed by atoms with E-state index in [9.17, 15) is 4.79 Å². The van der Waals surface area contributed by atoms with Crippen LogP contribution in [0, 0.1) is 6.92 Å². The summed E-state index contributed by atoms with van der Waals surface area (Å²) in [6.07, 6.45) is 4.58. The van der Waals surface area contributed by atoms with Gasteiger partial charge < -0.3 is 10.1 Å². The van der Waals surface area contributed by atoms with Gasteiger partial charge in [-0.2, -0.15) is 0 Å². The van der Waals surface area contributed by atoms with Gasteiger partial charge in [-0.3, -0.25) is 9.78 Å². The zero-order valence-corrected chi connectivity index (χ0v) is 15.7. The van der Waals surface area contributed by atoms with E-state index in [1.165, 1.54) is 0 Å². The van der Waals surface area contributed by atoms with Crippen molar-refractivity contribution in [1.29, 1.82) is 0 Å². The summed E-state index contributed by atoms with van der Waals surface area (Å²) in [7, 11) is 1.66. The van der Waals surface area contributed by atoms with Gasteiger partial charge in [0.25, 0.3) is 0 Å². The fourth-order valence-corrected chi connectivity index (χ4v) is 3.73. The zero-order chi connectivity index (χ0) is 18.4. The number of thiazole rings is 1. The molecule has 1 aromatic carbocycles. The molecule has 2 heterocycles. The van der Waals surface area contributed by atoms with Gasteiger partial charge in [-0.25, -0.2) is 4.98 Å². The van der Waals surface area contributed by atoms with Crippen LogP contribution in [-0.4, -0.2) is 29.5 Å². The maximum Gasteiger partial charge on any atom is 0.225 e. The molecule has 134 valence electrons. The summed E-state index contributed by atoms with van der Waals surface area (Å²) >= 11 is 1.56. The third-order valence-corrected chi connectivity index (χ3v) is 5.26. The van der Waals surface area contributed by atoms with Crippen LogP contribution in [0.4, 0.5) is 0 Å². The summed E-state index contributed by atoms with van der Waals surface area (Å²) in [6.45, 7) is 2.52. The molecule has 0 saturated heterocycles. The molecule has 0 aliphatic carbocycles. The molecule has 1 amide bonds. The summed E-state index contributed by atoms with van der Waals surface area (Å²) in [4.78, 5) is 21.9. The predicted octanol–water partition coefficient (Wildman–Crippen LogP) is 3.42. The van der Waals surface area contributed by atoms with E-state index < -0.39 is 0 Å². The normalized spacial score (nSPS) is 10.5. The Morgan fingerprint density at radius 1 is 1.19 bits per heavy atom. The lowest BCUT2D eigenvalue weighted by molar-refractivity contribution is -0.120. The molecule has 0 spiro atoms. The highest BCUT2D eigenvalue weighted by molar-refractivity contribution is 7.15. The van der Waals surface area contributed by atoms with Crippen LogP contribution in [0.25, 0.3) is 10.6 Å². The van der Waals surface area contributed by atoms with Crippen LogP contribution in [0.1, 0.15) is 16.1 Å². The average Bonchev–Trinajstić information content (AvgIpc) is 3.03. The van der Waals surface area contributed by atoms with Crippen molar-refractivity contribution in [3.63, 3.8) is 0 Å². The number of aromatic nitrogens is 2. The molecule has 0 aliphatic heterocycles. The molecule has 6 heteroatoms. The highest BCUT2D eigenvalue weighted by Gasteiger charge is 2.13. The van der Waals surface area contributed by atoms with Crippen LogP contribution in [-0.2, 0) is 17.6 Å². The summed E-state index contributed by atoms with van der Waals surface area (Å²) < 4.78 is 5.34. The Morgan fingerprint density at radius 2 is 1.96 bits per heavy atom. The first kappa shape index (κ1) is 18.1. The number of nitrogens with zero attached hydrogens (tertiary/aromatic N) is 2. The number of hydrogen-bond donors (Lipinski definition) is 1. The first-order chi connectivity index (χ1) is 12.7. The number of ether oxygens (including phenoxy) is 1.